The van der Waals surface area contributed by atoms with Crippen molar-refractivity contribution in [3.8, 4) is 23.3 Å². The van der Waals surface area contributed by atoms with Crippen LogP contribution in [0.1, 0.15) is 61.4 Å². The van der Waals surface area contributed by atoms with Crippen LogP contribution in [0.4, 0.5) is 11.6 Å². The molecular weight excluding hydrogens is 504 g/mol. The van der Waals surface area contributed by atoms with Gasteiger partial charge in [0.15, 0.2) is 11.5 Å². The molecule has 6 rings (SSSR count). The van der Waals surface area contributed by atoms with Crippen LogP contribution >= 0.6 is 11.6 Å². The molecule has 0 saturated heterocycles. The number of aromatic hydroxyl groups is 1. The number of benzene rings is 1. The highest BCUT2D eigenvalue weighted by molar-refractivity contribution is 6.32. The summed E-state index contributed by atoms with van der Waals surface area (Å²) in [5.74, 6) is 0.493. The molecule has 1 fully saturated rings. The molecule has 1 aromatic carbocycles. The fourth-order valence-electron chi connectivity index (χ4n) is 5.70. The molecule has 192 valence electrons. The Morgan fingerprint density at radius 3 is 2.79 bits per heavy atom. The third kappa shape index (κ3) is 3.73. The molecule has 0 bridgehead atoms. The zero-order valence-electron chi connectivity index (χ0n) is 20.7. The molecule has 4 aromatic rings. The van der Waals surface area contributed by atoms with Gasteiger partial charge in [0.2, 0.25) is 5.91 Å². The number of phenolic OH excluding ortho intramolecular Hbond substituents is 1. The van der Waals surface area contributed by atoms with Crippen molar-refractivity contribution < 1.29 is 9.90 Å². The maximum Gasteiger partial charge on any atom is 0.240 e. The van der Waals surface area contributed by atoms with Gasteiger partial charge in [0.25, 0.3) is 0 Å². The van der Waals surface area contributed by atoms with Gasteiger partial charge in [0.1, 0.15) is 40.1 Å². The largest absolute Gasteiger partial charge is 0.507 e. The fraction of sp³-hybridized carbons (Fsp3) is 0.333. The van der Waals surface area contributed by atoms with Gasteiger partial charge in [-0.2, -0.15) is 5.26 Å². The van der Waals surface area contributed by atoms with E-state index in [4.69, 9.17) is 22.3 Å². The van der Waals surface area contributed by atoms with Crippen LogP contribution in [0.5, 0.6) is 5.75 Å². The van der Waals surface area contributed by atoms with Crippen molar-refractivity contribution in [3.05, 3.63) is 58.1 Å². The van der Waals surface area contributed by atoms with E-state index in [2.05, 4.69) is 20.3 Å². The van der Waals surface area contributed by atoms with Gasteiger partial charge in [0.05, 0.1) is 16.3 Å². The maximum atomic E-state index is 13.3. The van der Waals surface area contributed by atoms with Crippen LogP contribution in [-0.4, -0.2) is 35.4 Å². The molecule has 1 amide bonds. The summed E-state index contributed by atoms with van der Waals surface area (Å²) >= 11 is 6.23. The first kappa shape index (κ1) is 24.1. The summed E-state index contributed by atoms with van der Waals surface area (Å²) in [4.78, 5) is 31.9. The first-order chi connectivity index (χ1) is 18.3. The average molecular weight is 529 g/mol. The van der Waals surface area contributed by atoms with Gasteiger partial charge in [-0.15, -0.1) is 0 Å². The van der Waals surface area contributed by atoms with Crippen molar-refractivity contribution in [2.24, 2.45) is 5.92 Å². The minimum atomic E-state index is -1.33. The molecule has 4 heterocycles. The Morgan fingerprint density at radius 1 is 1.26 bits per heavy atom. The number of carbonyl (C=O) groups is 1. The number of aromatic nitrogens is 5. The lowest BCUT2D eigenvalue weighted by atomic mass is 9.77. The summed E-state index contributed by atoms with van der Waals surface area (Å²) < 4.78 is 1.91. The van der Waals surface area contributed by atoms with Crippen LogP contribution in [0.3, 0.4) is 0 Å². The maximum absolute atomic E-state index is 13.3. The Labute approximate surface area is 223 Å². The predicted molar refractivity (Wildman–Crippen MR) is 142 cm³/mol. The average Bonchev–Trinajstić information content (AvgIpc) is 3.47. The molecule has 1 atom stereocenters. The van der Waals surface area contributed by atoms with Gasteiger partial charge >= 0.3 is 0 Å². The first-order valence-electron chi connectivity index (χ1n) is 12.5. The van der Waals surface area contributed by atoms with Gasteiger partial charge in [-0.25, -0.2) is 19.9 Å². The molecule has 1 aliphatic heterocycles. The van der Waals surface area contributed by atoms with E-state index in [1.165, 1.54) is 44.2 Å². The van der Waals surface area contributed by atoms with E-state index in [1.54, 1.807) is 13.1 Å². The third-order valence-electron chi connectivity index (χ3n) is 7.76. The Hall–Kier alpha value is -4.23. The van der Waals surface area contributed by atoms with Gasteiger partial charge < -0.3 is 20.6 Å². The molecule has 2 aliphatic rings. The van der Waals surface area contributed by atoms with Crippen LogP contribution in [0.15, 0.2) is 30.7 Å². The molecule has 0 spiro atoms. The fourth-order valence-corrected chi connectivity index (χ4v) is 5.95. The Morgan fingerprint density at radius 2 is 2.05 bits per heavy atom. The highest BCUT2D eigenvalue weighted by atomic mass is 35.5. The van der Waals surface area contributed by atoms with E-state index in [1.807, 2.05) is 22.9 Å². The number of nitriles is 1. The smallest absolute Gasteiger partial charge is 0.240 e. The normalized spacial score (nSPS) is 19.3. The van der Waals surface area contributed by atoms with Crippen molar-refractivity contribution in [3.63, 3.8) is 0 Å². The number of nitrogens with two attached hydrogens (primary N) is 1. The number of nitrogen functional groups attached to an aromatic ring is 1. The molecule has 1 aliphatic carbocycles. The SMILES string of the molecule is CC1(c2cc(O)c(C#N)c(Cl)c2)C(=O)Nc2nc(-c3cn4ccnc4c(CC4CCCCC4)n3)nc(N)c21. The molecule has 11 heteroatoms. The van der Waals surface area contributed by atoms with E-state index < -0.39 is 11.3 Å². The number of anilines is 2. The summed E-state index contributed by atoms with van der Waals surface area (Å²) in [6.45, 7) is 1.66. The Bertz CT molecular complexity index is 1630. The van der Waals surface area contributed by atoms with Crippen LogP contribution in [0.25, 0.3) is 17.2 Å². The summed E-state index contributed by atoms with van der Waals surface area (Å²) in [5.41, 5.74) is 8.02. The van der Waals surface area contributed by atoms with Crippen LogP contribution in [0, 0.1) is 17.2 Å². The van der Waals surface area contributed by atoms with Crippen molar-refractivity contribution >= 4 is 34.8 Å². The molecule has 38 heavy (non-hydrogen) atoms. The molecule has 4 N–H and O–H groups in total. The topological polar surface area (TPSA) is 155 Å². The number of nitrogens with one attached hydrogen (secondary N) is 1. The lowest BCUT2D eigenvalue weighted by Crippen LogP contribution is -2.33. The quantitative estimate of drug-likeness (QED) is 0.352. The summed E-state index contributed by atoms with van der Waals surface area (Å²) in [5, 5.41) is 22.4. The molecular formula is C27H25ClN8O2. The van der Waals surface area contributed by atoms with Crippen LogP contribution in [-0.2, 0) is 16.6 Å². The Kier molecular flexibility index (Phi) is 5.69. The highest BCUT2D eigenvalue weighted by Crippen LogP contribution is 2.46. The second kappa shape index (κ2) is 8.96. The zero-order chi connectivity index (χ0) is 26.6. The number of rotatable bonds is 4. The lowest BCUT2D eigenvalue weighted by molar-refractivity contribution is -0.119. The van der Waals surface area contributed by atoms with Crippen molar-refractivity contribution in [1.82, 2.24) is 24.3 Å². The molecule has 0 radical (unpaired) electrons. The standard InChI is InChI=1S/C27H25ClN8O2/c1-27(15-10-17(28)16(12-29)20(37)11-15)21-22(30)33-23(34-24(21)35-26(27)38)19-13-36-8-7-31-25(36)18(32-19)9-14-5-3-2-4-6-14/h7-8,10-11,13-14,37H,2-6,9H2,1H3,(H3,30,33,34,35,38). The van der Waals surface area contributed by atoms with Gasteiger partial charge in [-0.3, -0.25) is 4.79 Å². The van der Waals surface area contributed by atoms with Crippen molar-refractivity contribution in [2.75, 3.05) is 11.1 Å². The number of imidazole rings is 1. The monoisotopic (exact) mass is 528 g/mol. The van der Waals surface area contributed by atoms with Crippen LogP contribution < -0.4 is 11.1 Å². The van der Waals surface area contributed by atoms with Gasteiger partial charge in [0, 0.05) is 18.6 Å². The van der Waals surface area contributed by atoms with Crippen LogP contribution in [0.2, 0.25) is 5.02 Å². The molecule has 3 aromatic heterocycles. The minimum Gasteiger partial charge on any atom is -0.507 e. The van der Waals surface area contributed by atoms with Crippen molar-refractivity contribution in [1.29, 1.82) is 5.26 Å². The van der Waals surface area contributed by atoms with Gasteiger partial charge in [-0.1, -0.05) is 43.7 Å². The second-order valence-electron chi connectivity index (χ2n) is 10.1. The number of hydrogen-bond donors (Lipinski definition) is 3. The second-order valence-corrected chi connectivity index (χ2v) is 10.5. The Balaban J connectivity index is 1.44. The number of phenols is 1. The predicted octanol–water partition coefficient (Wildman–Crippen LogP) is 4.38. The number of halogens is 1. The summed E-state index contributed by atoms with van der Waals surface area (Å²) in [6.07, 6.45) is 12.4. The van der Waals surface area contributed by atoms with Crippen molar-refractivity contribution in [2.45, 2.75) is 50.9 Å². The number of carbonyl (C=O) groups excluding carboxylic acids is 1. The number of hydrogen-bond acceptors (Lipinski definition) is 8. The third-order valence-corrected chi connectivity index (χ3v) is 8.06. The highest BCUT2D eigenvalue weighted by Gasteiger charge is 2.48. The number of fused-ring (bicyclic) bond motifs is 2. The van der Waals surface area contributed by atoms with E-state index in [-0.39, 0.29) is 33.8 Å². The summed E-state index contributed by atoms with van der Waals surface area (Å²) in [7, 11) is 0. The lowest BCUT2D eigenvalue weighted by Gasteiger charge is -2.24. The van der Waals surface area contributed by atoms with E-state index in [0.29, 0.717) is 22.7 Å². The molecule has 1 unspecified atom stereocenters. The van der Waals surface area contributed by atoms with Gasteiger partial charge in [-0.05, 0) is 37.0 Å². The van der Waals surface area contributed by atoms with E-state index in [0.717, 1.165) is 17.8 Å². The number of amides is 1. The summed E-state index contributed by atoms with van der Waals surface area (Å²) in [6, 6.07) is 4.68. The zero-order valence-corrected chi connectivity index (χ0v) is 21.5. The first-order valence-corrected chi connectivity index (χ1v) is 12.9. The minimum absolute atomic E-state index is 0.0319. The van der Waals surface area contributed by atoms with E-state index >= 15 is 0 Å². The molecule has 10 nitrogen and oxygen atoms in total. The molecule has 1 saturated carbocycles. The number of nitrogens with zero attached hydrogens (tertiary/aromatic N) is 6. The van der Waals surface area contributed by atoms with E-state index in [9.17, 15) is 15.2 Å².